The maximum absolute atomic E-state index is 12.6. The molecule has 0 saturated heterocycles. The molecule has 0 aliphatic heterocycles. The van der Waals surface area contributed by atoms with Crippen LogP contribution in [0.4, 0.5) is 0 Å². The number of nitrogens with two attached hydrogens (primary N) is 1. The number of aliphatic carboxylic acids is 3. The van der Waals surface area contributed by atoms with E-state index in [0.29, 0.717) is 0 Å². The van der Waals surface area contributed by atoms with Crippen LogP contribution in [0.15, 0.2) is 48.6 Å². The SMILES string of the molecule is CCCCC/C=C\C\C=C/C=C/C=C/[C@@H](SCC(NC(=O)CCC(N)C(=O)O)C(=O)NCC(=O)O)[C@@H](O)CCCC(=O)O. The second-order valence-corrected chi connectivity index (χ2v) is 11.0. The van der Waals surface area contributed by atoms with Crippen molar-refractivity contribution in [3.8, 4) is 0 Å². The first-order valence-corrected chi connectivity index (χ1v) is 15.5. The number of aliphatic hydroxyl groups is 1. The summed E-state index contributed by atoms with van der Waals surface area (Å²) in [5.41, 5.74) is 5.43. The minimum absolute atomic E-state index is 0.0542. The van der Waals surface area contributed by atoms with Crippen molar-refractivity contribution < 1.29 is 44.4 Å². The summed E-state index contributed by atoms with van der Waals surface area (Å²) in [5.74, 6) is -5.01. The van der Waals surface area contributed by atoms with Crippen LogP contribution in [-0.4, -0.2) is 85.9 Å². The van der Waals surface area contributed by atoms with Gasteiger partial charge in [0.25, 0.3) is 0 Å². The van der Waals surface area contributed by atoms with Crippen LogP contribution in [0.25, 0.3) is 0 Å². The zero-order chi connectivity index (χ0) is 32.5. The second kappa shape index (κ2) is 25.1. The molecule has 0 aliphatic carbocycles. The molecule has 0 aliphatic rings. The van der Waals surface area contributed by atoms with E-state index in [9.17, 15) is 29.1 Å². The van der Waals surface area contributed by atoms with E-state index in [1.54, 1.807) is 18.2 Å². The second-order valence-electron chi connectivity index (χ2n) is 9.77. The Labute approximate surface area is 257 Å². The number of hydrogen-bond donors (Lipinski definition) is 7. The largest absolute Gasteiger partial charge is 0.481 e. The molecule has 0 radical (unpaired) electrons. The molecular weight excluding hydrogens is 578 g/mol. The van der Waals surface area contributed by atoms with Gasteiger partial charge < -0.3 is 36.8 Å². The Hall–Kier alpha value is -3.42. The average Bonchev–Trinajstić information content (AvgIpc) is 2.95. The highest BCUT2D eigenvalue weighted by Gasteiger charge is 2.25. The van der Waals surface area contributed by atoms with Gasteiger partial charge in [0.2, 0.25) is 11.8 Å². The minimum Gasteiger partial charge on any atom is -0.481 e. The summed E-state index contributed by atoms with van der Waals surface area (Å²) >= 11 is 1.13. The Morgan fingerprint density at radius 1 is 0.860 bits per heavy atom. The van der Waals surface area contributed by atoms with Gasteiger partial charge in [0.15, 0.2) is 0 Å². The number of hydrogen-bond acceptors (Lipinski definition) is 8. The number of unbranched alkanes of at least 4 members (excludes halogenated alkanes) is 3. The Bertz CT molecular complexity index is 982. The summed E-state index contributed by atoms with van der Waals surface area (Å²) < 4.78 is 0. The number of nitrogens with one attached hydrogen (secondary N) is 2. The van der Waals surface area contributed by atoms with Gasteiger partial charge in [0.1, 0.15) is 18.6 Å². The van der Waals surface area contributed by atoms with Crippen molar-refractivity contribution >= 4 is 41.5 Å². The van der Waals surface area contributed by atoms with Crippen LogP contribution < -0.4 is 16.4 Å². The molecule has 2 unspecified atom stereocenters. The fraction of sp³-hybridized carbons (Fsp3) is 0.567. The van der Waals surface area contributed by atoms with Crippen molar-refractivity contribution in [2.45, 2.75) is 94.6 Å². The van der Waals surface area contributed by atoms with Crippen LogP contribution in [0.1, 0.15) is 71.1 Å². The lowest BCUT2D eigenvalue weighted by Crippen LogP contribution is -2.50. The van der Waals surface area contributed by atoms with Crippen molar-refractivity contribution in [3.05, 3.63) is 48.6 Å². The lowest BCUT2D eigenvalue weighted by atomic mass is 10.1. The summed E-state index contributed by atoms with van der Waals surface area (Å²) in [6.07, 6.45) is 19.5. The number of allylic oxidation sites excluding steroid dienone is 7. The van der Waals surface area contributed by atoms with Gasteiger partial charge in [-0.1, -0.05) is 68.4 Å². The molecule has 0 fully saturated rings. The molecule has 2 amide bonds. The molecule has 0 aromatic rings. The molecule has 43 heavy (non-hydrogen) atoms. The van der Waals surface area contributed by atoms with Crippen molar-refractivity contribution in [3.63, 3.8) is 0 Å². The molecule has 4 atom stereocenters. The maximum Gasteiger partial charge on any atom is 0.322 e. The number of carboxylic acid groups (broad SMARTS) is 3. The van der Waals surface area contributed by atoms with Crippen molar-refractivity contribution in [2.24, 2.45) is 5.73 Å². The topological polar surface area (TPSA) is 216 Å². The third kappa shape index (κ3) is 22.8. The van der Waals surface area contributed by atoms with Crippen LogP contribution in [0, 0.1) is 0 Å². The normalized spacial score (nSPS) is 14.7. The predicted molar refractivity (Wildman–Crippen MR) is 166 cm³/mol. The third-order valence-corrected chi connectivity index (χ3v) is 7.36. The monoisotopic (exact) mass is 625 g/mol. The van der Waals surface area contributed by atoms with E-state index < -0.39 is 59.7 Å². The number of carbonyl (C=O) groups excluding carboxylic acids is 2. The number of amides is 2. The van der Waals surface area contributed by atoms with E-state index in [1.165, 1.54) is 19.3 Å². The van der Waals surface area contributed by atoms with Gasteiger partial charge in [-0.05, 0) is 38.5 Å². The summed E-state index contributed by atoms with van der Waals surface area (Å²) in [7, 11) is 0. The number of aliphatic hydroxyl groups excluding tert-OH is 1. The Kier molecular flexibility index (Phi) is 23.1. The number of carbonyl (C=O) groups is 5. The fourth-order valence-corrected chi connectivity index (χ4v) is 4.75. The van der Waals surface area contributed by atoms with E-state index in [2.05, 4.69) is 29.7 Å². The van der Waals surface area contributed by atoms with Gasteiger partial charge >= 0.3 is 17.9 Å². The molecule has 0 bridgehead atoms. The molecule has 12 nitrogen and oxygen atoms in total. The van der Waals surface area contributed by atoms with E-state index in [1.807, 2.05) is 18.2 Å². The number of thioether (sulfide) groups is 1. The smallest absolute Gasteiger partial charge is 0.322 e. The molecular formula is C30H47N3O9S. The van der Waals surface area contributed by atoms with Crippen LogP contribution in [0.5, 0.6) is 0 Å². The lowest BCUT2D eigenvalue weighted by molar-refractivity contribution is -0.139. The first kappa shape index (κ1) is 39.6. The van der Waals surface area contributed by atoms with E-state index in [4.69, 9.17) is 21.1 Å². The molecule has 0 rings (SSSR count). The van der Waals surface area contributed by atoms with Crippen LogP contribution in [0.2, 0.25) is 0 Å². The van der Waals surface area contributed by atoms with Gasteiger partial charge in [0.05, 0.1) is 6.10 Å². The van der Waals surface area contributed by atoms with Gasteiger partial charge in [0, 0.05) is 23.8 Å². The van der Waals surface area contributed by atoms with Crippen LogP contribution in [-0.2, 0) is 24.0 Å². The molecule has 0 aromatic heterocycles. The van der Waals surface area contributed by atoms with Crippen LogP contribution in [0.3, 0.4) is 0 Å². The first-order chi connectivity index (χ1) is 20.5. The molecule has 0 aromatic carbocycles. The number of rotatable bonds is 25. The van der Waals surface area contributed by atoms with Crippen LogP contribution >= 0.6 is 11.8 Å². The zero-order valence-electron chi connectivity index (χ0n) is 24.7. The fourth-order valence-electron chi connectivity index (χ4n) is 3.54. The summed E-state index contributed by atoms with van der Waals surface area (Å²) in [4.78, 5) is 57.8. The summed E-state index contributed by atoms with van der Waals surface area (Å²) in [6.45, 7) is 1.49. The summed E-state index contributed by atoms with van der Waals surface area (Å²) in [5, 5.41) is 41.6. The van der Waals surface area contributed by atoms with Gasteiger partial charge in [-0.25, -0.2) is 0 Å². The van der Waals surface area contributed by atoms with E-state index in [-0.39, 0.29) is 37.9 Å². The molecule has 0 spiro atoms. The van der Waals surface area contributed by atoms with Gasteiger partial charge in [-0.15, -0.1) is 11.8 Å². The average molecular weight is 626 g/mol. The minimum atomic E-state index is -1.28. The Morgan fingerprint density at radius 3 is 2.23 bits per heavy atom. The predicted octanol–water partition coefficient (Wildman–Crippen LogP) is 2.78. The Morgan fingerprint density at radius 2 is 1.58 bits per heavy atom. The van der Waals surface area contributed by atoms with Gasteiger partial charge in [-0.2, -0.15) is 0 Å². The molecule has 0 saturated carbocycles. The number of carboxylic acids is 3. The van der Waals surface area contributed by atoms with Crippen molar-refractivity contribution in [1.29, 1.82) is 0 Å². The standard InChI is InChI=1S/C30H47N3O9S/c1-2-3-4-5-6-7-8-9-10-11-12-13-16-25(24(34)15-14-17-27(36)37)43-21-23(29(40)32-20-28(38)39)33-26(35)19-18-22(31)30(41)42/h6-7,9-13,16,22-25,34H,2-5,8,14-15,17-21,31H2,1H3,(H,32,40)(H,33,35)(H,36,37)(H,38,39)(H,41,42)/b7-6-,10-9-,12-11+,16-13+/t22?,23?,24-,25+/m0/s1. The van der Waals surface area contributed by atoms with Gasteiger partial charge in [-0.3, -0.25) is 24.0 Å². The highest BCUT2D eigenvalue weighted by atomic mass is 32.2. The van der Waals surface area contributed by atoms with Crippen molar-refractivity contribution in [1.82, 2.24) is 10.6 Å². The lowest BCUT2D eigenvalue weighted by Gasteiger charge is -2.23. The third-order valence-electron chi connectivity index (χ3n) is 5.97. The molecule has 8 N–H and O–H groups in total. The van der Waals surface area contributed by atoms with E-state index in [0.717, 1.165) is 24.6 Å². The van der Waals surface area contributed by atoms with Crippen molar-refractivity contribution in [2.75, 3.05) is 12.3 Å². The summed E-state index contributed by atoms with van der Waals surface area (Å²) in [6, 6.07) is -2.45. The zero-order valence-corrected chi connectivity index (χ0v) is 25.5. The molecule has 0 heterocycles. The first-order valence-electron chi connectivity index (χ1n) is 14.4. The quantitative estimate of drug-likeness (QED) is 0.0444. The van der Waals surface area contributed by atoms with E-state index >= 15 is 0 Å². The maximum atomic E-state index is 12.6. The molecule has 242 valence electrons. The molecule has 13 heteroatoms. The highest BCUT2D eigenvalue weighted by molar-refractivity contribution is 8.00. The highest BCUT2D eigenvalue weighted by Crippen LogP contribution is 2.22. The Balaban J connectivity index is 5.38.